The second-order valence-corrected chi connectivity index (χ2v) is 8.66. The number of halogens is 1. The second-order valence-electron chi connectivity index (χ2n) is 7.81. The number of rotatable bonds is 4. The van der Waals surface area contributed by atoms with Gasteiger partial charge in [-0.1, -0.05) is 29.8 Å². The Hall–Kier alpha value is -2.51. The lowest BCUT2D eigenvalue weighted by Crippen LogP contribution is -2.41. The van der Waals surface area contributed by atoms with Crippen molar-refractivity contribution in [2.24, 2.45) is 0 Å². The van der Waals surface area contributed by atoms with E-state index in [1.807, 2.05) is 45.0 Å². The maximum atomic E-state index is 12.0. The number of ether oxygens (including phenoxy) is 1. The molecule has 154 valence electrons. The van der Waals surface area contributed by atoms with Crippen LogP contribution in [0.2, 0.25) is 5.02 Å². The maximum Gasteiger partial charge on any atom is 0.407 e. The highest BCUT2D eigenvalue weighted by Gasteiger charge is 2.21. The van der Waals surface area contributed by atoms with E-state index < -0.39 is 11.7 Å². The van der Waals surface area contributed by atoms with Gasteiger partial charge in [0, 0.05) is 29.4 Å². The number of fused-ring (bicyclic) bond motifs is 1. The van der Waals surface area contributed by atoms with Gasteiger partial charge in [0.2, 0.25) is 0 Å². The molecular weight excluding hydrogens is 408 g/mol. The summed E-state index contributed by atoms with van der Waals surface area (Å²) in [6.07, 6.45) is 0.367. The first kappa shape index (κ1) is 21.2. The molecule has 1 heterocycles. The molecule has 0 saturated heterocycles. The molecule has 6 nitrogen and oxygen atoms in total. The summed E-state index contributed by atoms with van der Waals surface area (Å²) in [5, 5.41) is 13.7. The molecule has 1 atom stereocenters. The van der Waals surface area contributed by atoms with Crippen molar-refractivity contribution in [1.82, 2.24) is 10.6 Å². The molecule has 2 aromatic rings. The van der Waals surface area contributed by atoms with Crippen LogP contribution in [-0.2, 0) is 17.7 Å². The van der Waals surface area contributed by atoms with Gasteiger partial charge < -0.3 is 26.0 Å². The zero-order valence-corrected chi connectivity index (χ0v) is 18.2. The Kier molecular flexibility index (Phi) is 6.49. The highest BCUT2D eigenvalue weighted by Crippen LogP contribution is 2.24. The summed E-state index contributed by atoms with van der Waals surface area (Å²) in [5.74, 6) is 0. The first-order valence-corrected chi connectivity index (χ1v) is 10.2. The third-order valence-corrected chi connectivity index (χ3v) is 4.67. The second kappa shape index (κ2) is 8.88. The van der Waals surface area contributed by atoms with E-state index >= 15 is 0 Å². The molecule has 0 fully saturated rings. The summed E-state index contributed by atoms with van der Waals surface area (Å²) in [4.78, 5) is 12.0. The molecular formula is C21H25ClN4O2S. The van der Waals surface area contributed by atoms with E-state index in [0.29, 0.717) is 10.1 Å². The van der Waals surface area contributed by atoms with Crippen molar-refractivity contribution in [3.8, 4) is 0 Å². The van der Waals surface area contributed by atoms with Gasteiger partial charge in [-0.15, -0.1) is 0 Å². The molecule has 0 saturated carbocycles. The summed E-state index contributed by atoms with van der Waals surface area (Å²) in [6.45, 7) is 5.71. The van der Waals surface area contributed by atoms with Gasteiger partial charge in [-0.25, -0.2) is 4.79 Å². The van der Waals surface area contributed by atoms with Gasteiger partial charge in [-0.05, 0) is 68.4 Å². The van der Waals surface area contributed by atoms with Gasteiger partial charge >= 0.3 is 6.09 Å². The van der Waals surface area contributed by atoms with E-state index in [4.69, 9.17) is 28.6 Å². The SMILES string of the molecule is CC(C)(C)OC(=O)NCc1cc(Cl)ccc1NC(=S)NC1Cc2ccccc2N1. The van der Waals surface area contributed by atoms with Crippen molar-refractivity contribution < 1.29 is 9.53 Å². The molecule has 0 radical (unpaired) electrons. The number of para-hydroxylation sites is 1. The summed E-state index contributed by atoms with van der Waals surface area (Å²) in [6, 6.07) is 13.6. The smallest absolute Gasteiger partial charge is 0.407 e. The van der Waals surface area contributed by atoms with Crippen molar-refractivity contribution in [3.63, 3.8) is 0 Å². The quantitative estimate of drug-likeness (QED) is 0.527. The third-order valence-electron chi connectivity index (χ3n) is 4.21. The standard InChI is InChI=1S/C21H25ClN4O2S/c1-21(2,3)28-20(27)23-12-14-10-15(22)8-9-17(14)25-19(29)26-18-11-13-6-4-5-7-16(13)24-18/h4-10,18,24H,11-12H2,1-3H3,(H,23,27)(H2,25,26,29). The Balaban J connectivity index is 1.59. The Labute approximate surface area is 181 Å². The monoisotopic (exact) mass is 432 g/mol. The maximum absolute atomic E-state index is 12.0. The largest absolute Gasteiger partial charge is 0.444 e. The Morgan fingerprint density at radius 3 is 2.76 bits per heavy atom. The zero-order chi connectivity index (χ0) is 21.0. The molecule has 1 unspecified atom stereocenters. The summed E-state index contributed by atoms with van der Waals surface area (Å²) < 4.78 is 5.28. The fraction of sp³-hybridized carbons (Fsp3) is 0.333. The number of alkyl carbamates (subject to hydrolysis) is 1. The molecule has 3 rings (SSSR count). The number of anilines is 2. The summed E-state index contributed by atoms with van der Waals surface area (Å²) in [7, 11) is 0. The molecule has 1 aliphatic heterocycles. The van der Waals surface area contributed by atoms with E-state index in [1.54, 1.807) is 12.1 Å². The van der Waals surface area contributed by atoms with Gasteiger partial charge in [0.05, 0.1) is 0 Å². The zero-order valence-electron chi connectivity index (χ0n) is 16.6. The lowest BCUT2D eigenvalue weighted by atomic mass is 10.1. The van der Waals surface area contributed by atoms with Crippen LogP contribution >= 0.6 is 23.8 Å². The van der Waals surface area contributed by atoms with Crippen LogP contribution in [0.25, 0.3) is 0 Å². The number of carbonyl (C=O) groups excluding carboxylic acids is 1. The van der Waals surface area contributed by atoms with Crippen LogP contribution in [0.15, 0.2) is 42.5 Å². The molecule has 0 spiro atoms. The van der Waals surface area contributed by atoms with E-state index in [1.165, 1.54) is 5.56 Å². The van der Waals surface area contributed by atoms with E-state index in [9.17, 15) is 4.79 Å². The predicted octanol–water partition coefficient (Wildman–Crippen LogP) is 4.65. The van der Waals surface area contributed by atoms with E-state index in [2.05, 4.69) is 27.3 Å². The third kappa shape index (κ3) is 6.24. The van der Waals surface area contributed by atoms with Crippen LogP contribution < -0.4 is 21.3 Å². The molecule has 4 N–H and O–H groups in total. The molecule has 0 aliphatic carbocycles. The average molecular weight is 433 g/mol. The van der Waals surface area contributed by atoms with Crippen molar-refractivity contribution in [2.75, 3.05) is 10.6 Å². The molecule has 1 amide bonds. The van der Waals surface area contributed by atoms with E-state index in [-0.39, 0.29) is 12.7 Å². The minimum Gasteiger partial charge on any atom is -0.444 e. The Morgan fingerprint density at radius 2 is 2.03 bits per heavy atom. The van der Waals surface area contributed by atoms with Crippen molar-refractivity contribution in [3.05, 3.63) is 58.6 Å². The fourth-order valence-electron chi connectivity index (χ4n) is 3.01. The highest BCUT2D eigenvalue weighted by molar-refractivity contribution is 7.80. The van der Waals surface area contributed by atoms with Crippen molar-refractivity contribution in [1.29, 1.82) is 0 Å². The molecule has 1 aliphatic rings. The number of hydrogen-bond acceptors (Lipinski definition) is 4. The average Bonchev–Trinajstić information content (AvgIpc) is 3.02. The lowest BCUT2D eigenvalue weighted by Gasteiger charge is -2.21. The lowest BCUT2D eigenvalue weighted by molar-refractivity contribution is 0.0523. The molecule has 29 heavy (non-hydrogen) atoms. The number of amides is 1. The first-order valence-electron chi connectivity index (χ1n) is 9.37. The Morgan fingerprint density at radius 1 is 1.28 bits per heavy atom. The van der Waals surface area contributed by atoms with Gasteiger partial charge in [0.15, 0.2) is 5.11 Å². The topological polar surface area (TPSA) is 74.4 Å². The van der Waals surface area contributed by atoms with Crippen LogP contribution in [0, 0.1) is 0 Å². The predicted molar refractivity (Wildman–Crippen MR) is 121 cm³/mol. The number of thiocarbonyl (C=S) groups is 1. The van der Waals surface area contributed by atoms with Gasteiger partial charge in [0.1, 0.15) is 11.8 Å². The number of carbonyl (C=O) groups is 1. The van der Waals surface area contributed by atoms with Gasteiger partial charge in [0.25, 0.3) is 0 Å². The van der Waals surface area contributed by atoms with E-state index in [0.717, 1.165) is 23.4 Å². The van der Waals surface area contributed by atoms with Gasteiger partial charge in [-0.2, -0.15) is 0 Å². The minimum atomic E-state index is -0.559. The summed E-state index contributed by atoms with van der Waals surface area (Å²) >= 11 is 11.6. The number of nitrogens with one attached hydrogen (secondary N) is 4. The highest BCUT2D eigenvalue weighted by atomic mass is 35.5. The Bertz CT molecular complexity index is 889. The molecule has 2 aromatic carbocycles. The number of hydrogen-bond donors (Lipinski definition) is 4. The first-order chi connectivity index (χ1) is 13.7. The van der Waals surface area contributed by atoms with Crippen molar-refractivity contribution in [2.45, 2.75) is 45.5 Å². The van der Waals surface area contributed by atoms with Crippen molar-refractivity contribution >= 4 is 46.4 Å². The molecule has 0 aromatic heterocycles. The molecule has 0 bridgehead atoms. The summed E-state index contributed by atoms with van der Waals surface area (Å²) in [5.41, 5.74) is 3.37. The van der Waals surface area contributed by atoms with Crippen LogP contribution in [0.5, 0.6) is 0 Å². The van der Waals surface area contributed by atoms with Crippen LogP contribution in [-0.4, -0.2) is 23.0 Å². The fourth-order valence-corrected chi connectivity index (χ4v) is 3.46. The van der Waals surface area contributed by atoms with Crippen LogP contribution in [0.4, 0.5) is 16.2 Å². The molecule has 8 heteroatoms. The normalized spacial score (nSPS) is 15.1. The van der Waals surface area contributed by atoms with Crippen LogP contribution in [0.3, 0.4) is 0 Å². The van der Waals surface area contributed by atoms with Gasteiger partial charge in [-0.3, -0.25) is 0 Å². The minimum absolute atomic E-state index is 0.0167. The number of benzene rings is 2. The van der Waals surface area contributed by atoms with Crippen LogP contribution in [0.1, 0.15) is 31.9 Å².